The van der Waals surface area contributed by atoms with Gasteiger partial charge in [0.1, 0.15) is 17.9 Å². The minimum atomic E-state index is -0.976. The van der Waals surface area contributed by atoms with E-state index in [0.29, 0.717) is 25.9 Å². The average molecular weight is 397 g/mol. The Hall–Kier alpha value is -1.81. The smallest absolute Gasteiger partial charge is 0.147 e. The number of ketones is 2. The lowest BCUT2D eigenvalue weighted by molar-refractivity contribution is -0.184. The Morgan fingerprint density at radius 3 is 2.52 bits per heavy atom. The molecule has 3 saturated carbocycles. The first kappa shape index (κ1) is 20.5. The zero-order valence-electron chi connectivity index (χ0n) is 17.7. The quantitative estimate of drug-likeness (QED) is 0.559. The van der Waals surface area contributed by atoms with Gasteiger partial charge in [0.25, 0.3) is 0 Å². The molecule has 3 aliphatic rings. The van der Waals surface area contributed by atoms with E-state index in [1.807, 2.05) is 25.1 Å². The molecule has 0 aliphatic heterocycles. The monoisotopic (exact) mass is 396 g/mol. The van der Waals surface area contributed by atoms with Gasteiger partial charge in [-0.25, -0.2) is 0 Å². The maximum atomic E-state index is 13.3. The Bertz CT molecular complexity index is 802. The largest absolute Gasteiger partial charge is 0.373 e. The summed E-state index contributed by atoms with van der Waals surface area (Å²) < 4.78 is 6.29. The van der Waals surface area contributed by atoms with Crippen molar-refractivity contribution in [3.05, 3.63) is 35.9 Å². The molecular formula is C25H32O4. The zero-order valence-corrected chi connectivity index (χ0v) is 17.7. The molecule has 0 spiro atoms. The lowest BCUT2D eigenvalue weighted by Gasteiger charge is -2.61. The second kappa shape index (κ2) is 7.46. The van der Waals surface area contributed by atoms with Crippen LogP contribution in [0.25, 0.3) is 0 Å². The molecule has 4 heteroatoms. The van der Waals surface area contributed by atoms with Crippen molar-refractivity contribution in [1.29, 1.82) is 0 Å². The van der Waals surface area contributed by atoms with Crippen LogP contribution in [0, 0.1) is 34.5 Å². The van der Waals surface area contributed by atoms with Gasteiger partial charge in [0.2, 0.25) is 0 Å². The van der Waals surface area contributed by atoms with Gasteiger partial charge in [0.15, 0.2) is 0 Å². The van der Waals surface area contributed by atoms with Crippen LogP contribution in [0.15, 0.2) is 30.3 Å². The molecule has 29 heavy (non-hydrogen) atoms. The van der Waals surface area contributed by atoms with E-state index in [9.17, 15) is 14.4 Å². The molecule has 0 heterocycles. The van der Waals surface area contributed by atoms with Gasteiger partial charge in [-0.05, 0) is 47.5 Å². The summed E-state index contributed by atoms with van der Waals surface area (Å²) in [4.78, 5) is 38.1. The van der Waals surface area contributed by atoms with Crippen molar-refractivity contribution in [2.45, 2.75) is 65.6 Å². The van der Waals surface area contributed by atoms with E-state index < -0.39 is 5.41 Å². The first-order valence-electron chi connectivity index (χ1n) is 11.0. The van der Waals surface area contributed by atoms with Gasteiger partial charge in [-0.15, -0.1) is 0 Å². The van der Waals surface area contributed by atoms with Crippen LogP contribution < -0.4 is 0 Å². The van der Waals surface area contributed by atoms with Crippen LogP contribution in [0.3, 0.4) is 0 Å². The molecule has 7 atom stereocenters. The van der Waals surface area contributed by atoms with E-state index in [1.165, 1.54) is 0 Å². The van der Waals surface area contributed by atoms with E-state index in [2.05, 4.69) is 26.0 Å². The van der Waals surface area contributed by atoms with Crippen LogP contribution in [-0.4, -0.2) is 24.0 Å². The predicted octanol–water partition coefficient (Wildman–Crippen LogP) is 4.40. The van der Waals surface area contributed by atoms with E-state index >= 15 is 0 Å². The topological polar surface area (TPSA) is 60.4 Å². The number of benzene rings is 1. The number of hydrogen-bond donors (Lipinski definition) is 0. The van der Waals surface area contributed by atoms with Crippen LogP contribution >= 0.6 is 0 Å². The molecule has 0 radical (unpaired) electrons. The van der Waals surface area contributed by atoms with Crippen molar-refractivity contribution in [1.82, 2.24) is 0 Å². The number of carbonyl (C=O) groups is 3. The normalized spacial score (nSPS) is 42.1. The van der Waals surface area contributed by atoms with Crippen molar-refractivity contribution in [2.75, 3.05) is 0 Å². The lowest BCUT2D eigenvalue weighted by Crippen LogP contribution is -2.64. The Labute approximate surface area is 173 Å². The minimum Gasteiger partial charge on any atom is -0.373 e. The molecule has 0 unspecified atom stereocenters. The third kappa shape index (κ3) is 3.11. The molecule has 4 rings (SSSR count). The van der Waals surface area contributed by atoms with Gasteiger partial charge in [0.05, 0.1) is 18.1 Å². The van der Waals surface area contributed by atoms with Gasteiger partial charge in [-0.1, -0.05) is 51.1 Å². The molecule has 3 aliphatic carbocycles. The summed E-state index contributed by atoms with van der Waals surface area (Å²) >= 11 is 0. The fraction of sp³-hybridized carbons (Fsp3) is 0.640. The van der Waals surface area contributed by atoms with Crippen LogP contribution in [0.1, 0.15) is 58.4 Å². The Balaban J connectivity index is 1.59. The molecule has 1 aromatic carbocycles. The molecule has 0 saturated heterocycles. The summed E-state index contributed by atoms with van der Waals surface area (Å²) in [6, 6.07) is 10.2. The second-order valence-corrected chi connectivity index (χ2v) is 9.92. The molecule has 156 valence electrons. The fourth-order valence-corrected chi connectivity index (χ4v) is 6.85. The fourth-order valence-electron chi connectivity index (χ4n) is 6.85. The van der Waals surface area contributed by atoms with Gasteiger partial charge < -0.3 is 9.53 Å². The van der Waals surface area contributed by atoms with Crippen molar-refractivity contribution >= 4 is 17.9 Å². The second-order valence-electron chi connectivity index (χ2n) is 9.92. The van der Waals surface area contributed by atoms with E-state index in [-0.39, 0.29) is 46.8 Å². The van der Waals surface area contributed by atoms with E-state index in [4.69, 9.17) is 4.74 Å². The summed E-state index contributed by atoms with van der Waals surface area (Å²) in [5, 5.41) is 0. The van der Waals surface area contributed by atoms with Crippen LogP contribution in [0.5, 0.6) is 0 Å². The molecule has 0 amide bonds. The van der Waals surface area contributed by atoms with E-state index in [0.717, 1.165) is 24.7 Å². The zero-order chi connectivity index (χ0) is 20.8. The molecule has 0 bridgehead atoms. The van der Waals surface area contributed by atoms with Gasteiger partial charge in [-0.2, -0.15) is 0 Å². The number of rotatable bonds is 4. The van der Waals surface area contributed by atoms with Crippen LogP contribution in [-0.2, 0) is 25.7 Å². The van der Waals surface area contributed by atoms with Crippen molar-refractivity contribution in [3.8, 4) is 0 Å². The third-order valence-electron chi connectivity index (χ3n) is 8.58. The molecule has 4 nitrogen and oxygen atoms in total. The number of Topliss-reactive ketones (excluding diaryl/α,β-unsaturated/α-hetero) is 2. The maximum Gasteiger partial charge on any atom is 0.147 e. The van der Waals surface area contributed by atoms with Gasteiger partial charge in [-0.3, -0.25) is 9.59 Å². The number of aldehydes is 1. The number of ether oxygens (including phenoxy) is 1. The molecule has 0 aromatic heterocycles. The van der Waals surface area contributed by atoms with E-state index in [1.54, 1.807) is 0 Å². The van der Waals surface area contributed by atoms with Gasteiger partial charge >= 0.3 is 0 Å². The summed E-state index contributed by atoms with van der Waals surface area (Å²) in [7, 11) is 0. The van der Waals surface area contributed by atoms with Crippen LogP contribution in [0.2, 0.25) is 0 Å². The SMILES string of the molecule is C[C@@H]1[C@@H](OCc2ccccc2)CC[C@@]2(C)[C@H]1CC(=O)[C@@]1(C=O)[C@H](C)CC(=O)C[C@@H]21. The van der Waals surface area contributed by atoms with Crippen molar-refractivity contribution in [3.63, 3.8) is 0 Å². The lowest BCUT2D eigenvalue weighted by atomic mass is 9.41. The summed E-state index contributed by atoms with van der Waals surface area (Å²) in [6.45, 7) is 6.90. The van der Waals surface area contributed by atoms with Crippen LogP contribution in [0.4, 0.5) is 0 Å². The molecule has 0 N–H and O–H groups in total. The molecular weight excluding hydrogens is 364 g/mol. The first-order chi connectivity index (χ1) is 13.8. The summed E-state index contributed by atoms with van der Waals surface area (Å²) in [5.41, 5.74) is 0.00125. The molecule has 3 fully saturated rings. The summed E-state index contributed by atoms with van der Waals surface area (Å²) in [5.74, 6) is 0.255. The molecule has 1 aromatic rings. The third-order valence-corrected chi connectivity index (χ3v) is 8.58. The van der Waals surface area contributed by atoms with Crippen molar-refractivity contribution in [2.24, 2.45) is 34.5 Å². The number of hydrogen-bond acceptors (Lipinski definition) is 4. The van der Waals surface area contributed by atoms with Gasteiger partial charge in [0, 0.05) is 19.3 Å². The number of carbonyl (C=O) groups excluding carboxylic acids is 3. The maximum absolute atomic E-state index is 13.3. The predicted molar refractivity (Wildman–Crippen MR) is 110 cm³/mol. The Kier molecular flexibility index (Phi) is 5.27. The first-order valence-corrected chi connectivity index (χ1v) is 11.0. The average Bonchev–Trinajstić information content (AvgIpc) is 2.70. The Morgan fingerprint density at radius 2 is 1.83 bits per heavy atom. The highest BCUT2D eigenvalue weighted by molar-refractivity contribution is 6.02. The minimum absolute atomic E-state index is 0.0514. The number of fused-ring (bicyclic) bond motifs is 3. The summed E-state index contributed by atoms with van der Waals surface area (Å²) in [6.07, 6.45) is 3.95. The van der Waals surface area contributed by atoms with Crippen molar-refractivity contribution < 1.29 is 19.1 Å². The highest BCUT2D eigenvalue weighted by Gasteiger charge is 2.66. The standard InChI is InChI=1S/C25H32O4/c1-16-11-19(27)12-22-24(3)10-9-21(29-14-18-7-5-4-6-8-18)17(2)20(24)13-23(28)25(16,22)15-26/h4-8,15-17,20-22H,9-14H2,1-3H3/t16-,17+,20+,21+,22+,24+,25+/m1/s1. The highest BCUT2D eigenvalue weighted by atomic mass is 16.5. The highest BCUT2D eigenvalue weighted by Crippen LogP contribution is 2.64. The Morgan fingerprint density at radius 1 is 1.10 bits per heavy atom.